The summed E-state index contributed by atoms with van der Waals surface area (Å²) in [5, 5.41) is 3.48. The van der Waals surface area contributed by atoms with Gasteiger partial charge in [-0.25, -0.2) is 0 Å². The first-order valence-corrected chi connectivity index (χ1v) is 12.0. The molecule has 1 atom stereocenters. The predicted octanol–water partition coefficient (Wildman–Crippen LogP) is 3.01. The third-order valence-corrected chi connectivity index (χ3v) is 7.02. The fraction of sp³-hybridized carbons (Fsp3) is 0.519. The van der Waals surface area contributed by atoms with Gasteiger partial charge in [0.15, 0.2) is 23.0 Å². The van der Waals surface area contributed by atoms with Crippen LogP contribution in [0.4, 0.5) is 0 Å². The number of methoxy groups -OCH3 is 4. The summed E-state index contributed by atoms with van der Waals surface area (Å²) < 4.78 is 21.7. The van der Waals surface area contributed by atoms with Crippen LogP contribution in [-0.4, -0.2) is 71.8 Å². The number of carbonyl (C=O) groups is 1. The second kappa shape index (κ2) is 11.1. The first-order chi connectivity index (χ1) is 16.6. The van der Waals surface area contributed by atoms with E-state index in [0.29, 0.717) is 25.4 Å². The van der Waals surface area contributed by atoms with Crippen LogP contribution >= 0.6 is 0 Å². The van der Waals surface area contributed by atoms with Gasteiger partial charge in [0.25, 0.3) is 0 Å². The lowest BCUT2D eigenvalue weighted by molar-refractivity contribution is -0.120. The summed E-state index contributed by atoms with van der Waals surface area (Å²) in [4.78, 5) is 14.9. The SMILES string of the molecule is COc1cc2c(cc1OC)CCN(CC(=O)CCNC[C@H]1Cc3cc(OC)c(OC)cc31)CC2. The van der Waals surface area contributed by atoms with Crippen LogP contribution in [0.2, 0.25) is 0 Å². The van der Waals surface area contributed by atoms with Gasteiger partial charge in [-0.3, -0.25) is 9.69 Å². The van der Waals surface area contributed by atoms with Crippen molar-refractivity contribution in [2.45, 2.75) is 31.6 Å². The van der Waals surface area contributed by atoms with Gasteiger partial charge in [0.2, 0.25) is 0 Å². The Morgan fingerprint density at radius 2 is 1.38 bits per heavy atom. The number of ether oxygens (including phenoxy) is 4. The Morgan fingerprint density at radius 1 is 0.853 bits per heavy atom. The van der Waals surface area contributed by atoms with Crippen molar-refractivity contribution in [3.8, 4) is 23.0 Å². The number of Topliss-reactive ketones (excluding diaryl/α,β-unsaturated/α-hetero) is 1. The molecule has 1 heterocycles. The van der Waals surface area contributed by atoms with Gasteiger partial charge in [0.1, 0.15) is 5.78 Å². The predicted molar refractivity (Wildman–Crippen MR) is 132 cm³/mol. The van der Waals surface area contributed by atoms with Crippen LogP contribution in [0, 0.1) is 0 Å². The Kier molecular flexibility index (Phi) is 7.95. The lowest BCUT2D eigenvalue weighted by Gasteiger charge is -2.31. The van der Waals surface area contributed by atoms with E-state index in [2.05, 4.69) is 34.5 Å². The monoisotopic (exact) mass is 468 g/mol. The van der Waals surface area contributed by atoms with Gasteiger partial charge < -0.3 is 24.3 Å². The van der Waals surface area contributed by atoms with Crippen LogP contribution in [0.3, 0.4) is 0 Å². The number of carbonyl (C=O) groups excluding carboxylic acids is 1. The van der Waals surface area contributed by atoms with Gasteiger partial charge in [-0.05, 0) is 65.8 Å². The molecule has 0 fully saturated rings. The molecule has 0 bridgehead atoms. The van der Waals surface area contributed by atoms with Crippen molar-refractivity contribution < 1.29 is 23.7 Å². The highest BCUT2D eigenvalue weighted by atomic mass is 16.5. The van der Waals surface area contributed by atoms with E-state index in [4.69, 9.17) is 18.9 Å². The van der Waals surface area contributed by atoms with Gasteiger partial charge in [-0.1, -0.05) is 0 Å². The number of hydrogen-bond acceptors (Lipinski definition) is 7. The minimum absolute atomic E-state index is 0.286. The van der Waals surface area contributed by atoms with Crippen LogP contribution in [0.25, 0.3) is 0 Å². The Bertz CT molecular complexity index is 988. The molecule has 0 spiro atoms. The van der Waals surface area contributed by atoms with Crippen molar-refractivity contribution in [1.82, 2.24) is 10.2 Å². The summed E-state index contributed by atoms with van der Waals surface area (Å²) >= 11 is 0. The first kappa shape index (κ1) is 24.4. The molecule has 2 aromatic carbocycles. The normalized spacial score (nSPS) is 17.1. The third kappa shape index (κ3) is 5.31. The smallest absolute Gasteiger partial charge is 0.161 e. The molecule has 0 unspecified atom stereocenters. The molecule has 1 N–H and O–H groups in total. The van der Waals surface area contributed by atoms with Gasteiger partial charge in [0.05, 0.1) is 35.0 Å². The summed E-state index contributed by atoms with van der Waals surface area (Å²) in [6.07, 6.45) is 3.41. The van der Waals surface area contributed by atoms with E-state index < -0.39 is 0 Å². The van der Waals surface area contributed by atoms with Crippen LogP contribution in [-0.2, 0) is 24.1 Å². The van der Waals surface area contributed by atoms with E-state index in [1.807, 2.05) is 0 Å². The molecule has 1 aliphatic heterocycles. The molecule has 0 saturated heterocycles. The van der Waals surface area contributed by atoms with Crippen LogP contribution in [0.5, 0.6) is 23.0 Å². The molecule has 0 aromatic heterocycles. The fourth-order valence-corrected chi connectivity index (χ4v) is 5.01. The number of hydrogen-bond donors (Lipinski definition) is 1. The fourth-order valence-electron chi connectivity index (χ4n) is 5.01. The Morgan fingerprint density at radius 3 is 1.94 bits per heavy atom. The van der Waals surface area contributed by atoms with Crippen LogP contribution < -0.4 is 24.3 Å². The molecule has 7 heteroatoms. The zero-order valence-electron chi connectivity index (χ0n) is 20.7. The number of fused-ring (bicyclic) bond motifs is 2. The topological polar surface area (TPSA) is 69.3 Å². The molecule has 4 rings (SSSR count). The highest BCUT2D eigenvalue weighted by Gasteiger charge is 2.28. The first-order valence-electron chi connectivity index (χ1n) is 12.0. The van der Waals surface area contributed by atoms with Crippen LogP contribution in [0.15, 0.2) is 24.3 Å². The molecule has 0 amide bonds. The summed E-state index contributed by atoms with van der Waals surface area (Å²) in [7, 11) is 6.66. The second-order valence-corrected chi connectivity index (χ2v) is 9.05. The summed E-state index contributed by atoms with van der Waals surface area (Å²) in [5.41, 5.74) is 5.19. The third-order valence-electron chi connectivity index (χ3n) is 7.02. The second-order valence-electron chi connectivity index (χ2n) is 9.05. The standard InChI is InChI=1S/C27H36N2O5/c1-31-24-12-18-6-9-29(10-7-19(18)13-25(24)32-2)17-22(30)5-8-28-16-21-11-20-14-26(33-3)27(34-4)15-23(20)21/h12-15,21,28H,5-11,16-17H2,1-4H3/t21-/m1/s1. The average Bonchev–Trinajstić information content (AvgIpc) is 3.04. The van der Waals surface area contributed by atoms with Crippen molar-refractivity contribution in [3.63, 3.8) is 0 Å². The number of benzene rings is 2. The maximum atomic E-state index is 12.6. The summed E-state index contributed by atoms with van der Waals surface area (Å²) in [6, 6.07) is 8.30. The van der Waals surface area contributed by atoms with Crippen molar-refractivity contribution in [3.05, 3.63) is 46.5 Å². The molecule has 2 aliphatic rings. The Balaban J connectivity index is 1.20. The Labute approximate surface area is 202 Å². The molecule has 0 saturated carbocycles. The van der Waals surface area contributed by atoms with Crippen molar-refractivity contribution in [1.29, 1.82) is 0 Å². The molecule has 2 aromatic rings. The maximum absolute atomic E-state index is 12.6. The lowest BCUT2D eigenvalue weighted by atomic mass is 9.77. The molecule has 7 nitrogen and oxygen atoms in total. The Hall–Kier alpha value is -2.77. The average molecular weight is 469 g/mol. The van der Waals surface area contributed by atoms with E-state index in [0.717, 1.165) is 61.9 Å². The number of nitrogens with one attached hydrogen (secondary N) is 1. The largest absolute Gasteiger partial charge is 0.493 e. The zero-order chi connectivity index (χ0) is 24.1. The van der Waals surface area contributed by atoms with E-state index in [1.165, 1.54) is 22.3 Å². The molecule has 0 radical (unpaired) electrons. The molecular weight excluding hydrogens is 432 g/mol. The van der Waals surface area contributed by atoms with Gasteiger partial charge >= 0.3 is 0 Å². The molecular formula is C27H36N2O5. The molecule has 34 heavy (non-hydrogen) atoms. The van der Waals surface area contributed by atoms with Crippen molar-refractivity contribution in [2.24, 2.45) is 0 Å². The number of rotatable bonds is 11. The molecule has 1 aliphatic carbocycles. The lowest BCUT2D eigenvalue weighted by Crippen LogP contribution is -2.34. The zero-order valence-corrected chi connectivity index (χ0v) is 20.7. The van der Waals surface area contributed by atoms with E-state index in [9.17, 15) is 4.79 Å². The summed E-state index contributed by atoms with van der Waals surface area (Å²) in [6.45, 7) is 3.85. The molecule has 184 valence electrons. The number of ketones is 1. The van der Waals surface area contributed by atoms with Gasteiger partial charge in [-0.15, -0.1) is 0 Å². The quantitative estimate of drug-likeness (QED) is 0.509. The minimum atomic E-state index is 0.286. The van der Waals surface area contributed by atoms with Crippen molar-refractivity contribution in [2.75, 3.05) is 61.2 Å². The highest BCUT2D eigenvalue weighted by Crippen LogP contribution is 2.42. The van der Waals surface area contributed by atoms with Gasteiger partial charge in [-0.2, -0.15) is 0 Å². The maximum Gasteiger partial charge on any atom is 0.161 e. The van der Waals surface area contributed by atoms with E-state index in [1.54, 1.807) is 28.4 Å². The van der Waals surface area contributed by atoms with E-state index in [-0.39, 0.29) is 5.78 Å². The highest BCUT2D eigenvalue weighted by molar-refractivity contribution is 5.80. The van der Waals surface area contributed by atoms with E-state index >= 15 is 0 Å². The van der Waals surface area contributed by atoms with Gasteiger partial charge in [0, 0.05) is 38.5 Å². The summed E-state index contributed by atoms with van der Waals surface area (Å²) in [5.74, 6) is 3.84. The van der Waals surface area contributed by atoms with Crippen molar-refractivity contribution >= 4 is 5.78 Å². The van der Waals surface area contributed by atoms with Crippen LogP contribution in [0.1, 0.15) is 34.6 Å². The minimum Gasteiger partial charge on any atom is -0.493 e. The number of nitrogens with zero attached hydrogens (tertiary/aromatic N) is 1.